The summed E-state index contributed by atoms with van der Waals surface area (Å²) in [5.41, 5.74) is 1.24. The molecule has 0 fully saturated rings. The van der Waals surface area contributed by atoms with E-state index in [1.807, 2.05) is 30.3 Å². The van der Waals surface area contributed by atoms with E-state index in [-0.39, 0.29) is 0 Å². The minimum absolute atomic E-state index is 0.662. The molecule has 0 saturated carbocycles. The fourth-order valence-corrected chi connectivity index (χ4v) is 12.8. The zero-order valence-electron chi connectivity index (χ0n) is 22.0. The molecule has 39 heavy (non-hydrogen) atoms. The van der Waals surface area contributed by atoms with Crippen LogP contribution >= 0.6 is 20.8 Å². The Bertz CT molecular complexity index is 1340. The summed E-state index contributed by atoms with van der Waals surface area (Å²) in [4.78, 5) is 0. The van der Waals surface area contributed by atoms with Crippen molar-refractivity contribution in [3.63, 3.8) is 0 Å². The monoisotopic (exact) mass is 596 g/mol. The first-order chi connectivity index (χ1) is 19.2. The van der Waals surface area contributed by atoms with Gasteiger partial charge in [0.2, 0.25) is 0 Å². The van der Waals surface area contributed by atoms with E-state index in [9.17, 15) is 0 Å². The summed E-state index contributed by atoms with van der Waals surface area (Å²) in [6.45, 7) is 1.35. The van der Waals surface area contributed by atoms with Crippen LogP contribution in [0, 0.1) is 0 Å². The third-order valence-electron chi connectivity index (χ3n) is 7.08. The number of unbranched alkanes of at least 4 members (excludes halogenated alkanes) is 1. The molecule has 0 atom stereocenters. The van der Waals surface area contributed by atoms with E-state index >= 15 is 0 Å². The van der Waals surface area contributed by atoms with Crippen molar-refractivity contribution in [1.82, 2.24) is 0 Å². The number of hydrogen-bond acceptors (Lipinski definition) is 2. The molecule has 198 valence electrons. The molecule has 5 rings (SSSR count). The van der Waals surface area contributed by atoms with Crippen LogP contribution in [0.3, 0.4) is 0 Å². The van der Waals surface area contributed by atoms with E-state index in [1.165, 1.54) is 21.5 Å². The average Bonchev–Trinajstić information content (AvgIpc) is 3.01. The summed E-state index contributed by atoms with van der Waals surface area (Å²) in [5, 5.41) is 0.883. The molecule has 0 unspecified atom stereocenters. The summed E-state index contributed by atoms with van der Waals surface area (Å²) in [6, 6.07) is 51.3. The van der Waals surface area contributed by atoms with Crippen molar-refractivity contribution >= 4 is 36.7 Å². The molecule has 0 amide bonds. The van der Waals surface area contributed by atoms with Gasteiger partial charge in [-0.05, 0) is 0 Å². The Balaban J connectivity index is 1.39. The van der Waals surface area contributed by atoms with Crippen molar-refractivity contribution in [3.8, 4) is 11.5 Å². The first kappa shape index (κ1) is 27.2. The molecule has 2 nitrogen and oxygen atoms in total. The predicted molar refractivity (Wildman–Crippen MR) is 171 cm³/mol. The molecule has 0 bridgehead atoms. The van der Waals surface area contributed by atoms with E-state index in [0.29, 0.717) is 13.2 Å². The molecule has 0 spiro atoms. The SMILES string of the molecule is BrP(Cc1cccc(OCCCCOc2ccccc2)c1)(c1ccccc1)(c1ccccc1)c1ccccc1. The van der Waals surface area contributed by atoms with Crippen LogP contribution in [-0.4, -0.2) is 13.2 Å². The summed E-state index contributed by atoms with van der Waals surface area (Å²) in [5.74, 6) is 1.82. The topological polar surface area (TPSA) is 18.5 Å². The summed E-state index contributed by atoms with van der Waals surface area (Å²) < 4.78 is 12.0. The first-order valence-electron chi connectivity index (χ1n) is 13.5. The Morgan fingerprint density at radius 3 is 1.36 bits per heavy atom. The van der Waals surface area contributed by atoms with Gasteiger partial charge in [0, 0.05) is 0 Å². The van der Waals surface area contributed by atoms with Gasteiger partial charge in [0.05, 0.1) is 0 Å². The molecular formula is C35H34BrO2P. The van der Waals surface area contributed by atoms with Gasteiger partial charge in [-0.2, -0.15) is 0 Å². The second kappa shape index (κ2) is 12.6. The zero-order valence-corrected chi connectivity index (χ0v) is 24.5. The van der Waals surface area contributed by atoms with Crippen LogP contribution in [0.1, 0.15) is 18.4 Å². The summed E-state index contributed by atoms with van der Waals surface area (Å²) in [7, 11) is 0. The van der Waals surface area contributed by atoms with Crippen LogP contribution < -0.4 is 25.4 Å². The third-order valence-corrected chi connectivity index (χ3v) is 16.6. The molecule has 5 aromatic carbocycles. The second-order valence-electron chi connectivity index (χ2n) is 9.71. The van der Waals surface area contributed by atoms with Crippen LogP contribution in [0.25, 0.3) is 0 Å². The Labute approximate surface area is 240 Å². The predicted octanol–water partition coefficient (Wildman–Crippen LogP) is 8.26. The number of benzene rings is 5. The molecule has 0 aliphatic heterocycles. The maximum atomic E-state index is 6.21. The Morgan fingerprint density at radius 1 is 0.462 bits per heavy atom. The van der Waals surface area contributed by atoms with E-state index in [0.717, 1.165) is 30.5 Å². The zero-order chi connectivity index (χ0) is 26.8. The number of halogens is 1. The van der Waals surface area contributed by atoms with E-state index in [2.05, 4.69) is 131 Å². The number of ether oxygens (including phenoxy) is 2. The summed E-state index contributed by atoms with van der Waals surface area (Å²) in [6.07, 6.45) is 2.72. The van der Waals surface area contributed by atoms with Crippen molar-refractivity contribution in [2.45, 2.75) is 19.0 Å². The van der Waals surface area contributed by atoms with Crippen molar-refractivity contribution in [1.29, 1.82) is 0 Å². The van der Waals surface area contributed by atoms with Gasteiger partial charge in [-0.15, -0.1) is 0 Å². The Morgan fingerprint density at radius 2 is 0.872 bits per heavy atom. The fraction of sp³-hybridized carbons (Fsp3) is 0.143. The maximum absolute atomic E-state index is 6.21. The molecular weight excluding hydrogens is 563 g/mol. The van der Waals surface area contributed by atoms with Crippen LogP contribution in [0.4, 0.5) is 0 Å². The normalized spacial score (nSPS) is 12.3. The second-order valence-corrected chi connectivity index (χ2v) is 18.6. The van der Waals surface area contributed by atoms with Gasteiger partial charge in [0.25, 0.3) is 0 Å². The van der Waals surface area contributed by atoms with Crippen LogP contribution in [0.5, 0.6) is 11.5 Å². The van der Waals surface area contributed by atoms with Gasteiger partial charge in [0.1, 0.15) is 0 Å². The van der Waals surface area contributed by atoms with E-state index in [1.54, 1.807) is 0 Å². The summed E-state index contributed by atoms with van der Waals surface area (Å²) >= 11 is 4.56. The molecule has 0 radical (unpaired) electrons. The van der Waals surface area contributed by atoms with Gasteiger partial charge in [-0.1, -0.05) is 18.2 Å². The minimum atomic E-state index is -3.05. The van der Waals surface area contributed by atoms with Crippen molar-refractivity contribution in [2.24, 2.45) is 0 Å². The van der Waals surface area contributed by atoms with Crippen molar-refractivity contribution in [3.05, 3.63) is 151 Å². The average molecular weight is 598 g/mol. The van der Waals surface area contributed by atoms with Crippen molar-refractivity contribution in [2.75, 3.05) is 13.2 Å². The van der Waals surface area contributed by atoms with E-state index in [4.69, 9.17) is 9.47 Å². The standard InChI is InChI=1S/C35H34BrO2P/c36-39(33-20-7-2-8-21-33,34-22-9-3-10-23-34,35-24-11-4-12-25-35)29-30-16-15-19-32(28-30)38-27-14-13-26-37-31-17-5-1-6-18-31/h1-12,15-25,28H,13-14,26-27,29H2. The number of para-hydroxylation sites is 1. The quantitative estimate of drug-likeness (QED) is 0.107. The Hall–Kier alpha value is -3.39. The molecule has 0 heterocycles. The van der Waals surface area contributed by atoms with Crippen LogP contribution in [0.15, 0.2) is 146 Å². The molecule has 4 heteroatoms. The van der Waals surface area contributed by atoms with Gasteiger partial charge in [0.15, 0.2) is 0 Å². The number of hydrogen-bond donors (Lipinski definition) is 0. The van der Waals surface area contributed by atoms with Crippen LogP contribution in [-0.2, 0) is 6.16 Å². The molecule has 0 aromatic heterocycles. The first-order valence-corrected chi connectivity index (χ1v) is 17.9. The molecule has 0 saturated heterocycles. The van der Waals surface area contributed by atoms with E-state index < -0.39 is 5.31 Å². The molecule has 5 aromatic rings. The third kappa shape index (κ3) is 6.11. The van der Waals surface area contributed by atoms with Gasteiger partial charge >= 0.3 is 223 Å². The molecule has 0 aliphatic carbocycles. The number of rotatable bonds is 12. The molecule has 0 aliphatic rings. The fourth-order valence-electron chi connectivity index (χ4n) is 5.11. The van der Waals surface area contributed by atoms with Crippen molar-refractivity contribution < 1.29 is 9.47 Å². The van der Waals surface area contributed by atoms with Gasteiger partial charge in [-0.3, -0.25) is 0 Å². The van der Waals surface area contributed by atoms with Crippen LogP contribution in [0.2, 0.25) is 0 Å². The molecule has 0 N–H and O–H groups in total. The van der Waals surface area contributed by atoms with Gasteiger partial charge in [-0.25, -0.2) is 0 Å². The van der Waals surface area contributed by atoms with Gasteiger partial charge < -0.3 is 0 Å². The Kier molecular flexibility index (Phi) is 8.81.